The molecule has 0 spiro atoms. The maximum Gasteiger partial charge on any atom is 0.255 e. The molecule has 3 heterocycles. The van der Waals surface area contributed by atoms with Crippen molar-refractivity contribution in [2.75, 3.05) is 13.2 Å². The van der Waals surface area contributed by atoms with Crippen LogP contribution >= 0.6 is 11.6 Å². The van der Waals surface area contributed by atoms with Crippen molar-refractivity contribution in [3.63, 3.8) is 0 Å². The van der Waals surface area contributed by atoms with Gasteiger partial charge < -0.3 is 19.7 Å². The van der Waals surface area contributed by atoms with Crippen LogP contribution in [0.4, 0.5) is 0 Å². The van der Waals surface area contributed by atoms with Gasteiger partial charge in [0, 0.05) is 31.3 Å². The van der Waals surface area contributed by atoms with Crippen LogP contribution in [0.2, 0.25) is 30.7 Å². The predicted molar refractivity (Wildman–Crippen MR) is 140 cm³/mol. The summed E-state index contributed by atoms with van der Waals surface area (Å²) in [6.07, 6.45) is 5.04. The highest BCUT2D eigenvalue weighted by Crippen LogP contribution is 2.24. The Morgan fingerprint density at radius 1 is 1.26 bits per heavy atom. The van der Waals surface area contributed by atoms with E-state index in [1.807, 2.05) is 12.1 Å². The zero-order valence-electron chi connectivity index (χ0n) is 20.7. The van der Waals surface area contributed by atoms with E-state index in [0.29, 0.717) is 34.2 Å². The van der Waals surface area contributed by atoms with E-state index in [0.717, 1.165) is 16.9 Å². The molecule has 0 saturated heterocycles. The molecule has 0 aliphatic heterocycles. The summed E-state index contributed by atoms with van der Waals surface area (Å²) >= 11 is 6.11. The van der Waals surface area contributed by atoms with Gasteiger partial charge in [-0.15, -0.1) is 0 Å². The number of halogens is 1. The fourth-order valence-electron chi connectivity index (χ4n) is 3.55. The Bertz CT molecular complexity index is 1380. The molecule has 0 radical (unpaired) electrons. The molecule has 2 N–H and O–H groups in total. The number of hydrogen-bond donors (Lipinski definition) is 2. The molecule has 3 aromatic heterocycles. The lowest BCUT2D eigenvalue weighted by Gasteiger charge is -2.23. The molecule has 186 valence electrons. The quantitative estimate of drug-likeness (QED) is 0.255. The Morgan fingerprint density at radius 2 is 2.03 bits per heavy atom. The first-order chi connectivity index (χ1) is 16.5. The third kappa shape index (κ3) is 5.72. The number of rotatable bonds is 9. The summed E-state index contributed by atoms with van der Waals surface area (Å²) in [5.41, 5.74) is 1.35. The van der Waals surface area contributed by atoms with E-state index in [2.05, 4.69) is 35.0 Å². The second kappa shape index (κ2) is 9.69. The summed E-state index contributed by atoms with van der Waals surface area (Å²) in [5, 5.41) is 18.4. The fourth-order valence-corrected chi connectivity index (χ4v) is 4.49. The summed E-state index contributed by atoms with van der Waals surface area (Å²) in [7, 11) is -1.23. The predicted octanol–water partition coefficient (Wildman–Crippen LogP) is 4.24. The van der Waals surface area contributed by atoms with Gasteiger partial charge in [0.25, 0.3) is 5.91 Å². The molecule has 35 heavy (non-hydrogen) atoms. The highest BCUT2D eigenvalue weighted by molar-refractivity contribution is 6.76. The van der Waals surface area contributed by atoms with Crippen LogP contribution in [0.5, 0.6) is 0 Å². The minimum atomic E-state index is -1.23. The van der Waals surface area contributed by atoms with Crippen molar-refractivity contribution in [3.05, 3.63) is 47.4 Å². The summed E-state index contributed by atoms with van der Waals surface area (Å²) in [5.74, 6) is 0.126. The molecule has 11 heteroatoms. The topological polar surface area (TPSA) is 107 Å². The van der Waals surface area contributed by atoms with Crippen LogP contribution in [0, 0.1) is 0 Å². The molecule has 0 aliphatic rings. The molecular weight excluding hydrogens is 484 g/mol. The van der Waals surface area contributed by atoms with Gasteiger partial charge in [-0.25, -0.2) is 14.6 Å². The van der Waals surface area contributed by atoms with Gasteiger partial charge in [-0.05, 0) is 38.1 Å². The normalized spacial score (nSPS) is 12.5. The number of ether oxygens (including phenoxy) is 1. The van der Waals surface area contributed by atoms with Crippen molar-refractivity contribution in [2.24, 2.45) is 0 Å². The van der Waals surface area contributed by atoms with E-state index in [1.54, 1.807) is 47.8 Å². The number of nitrogens with one attached hydrogen (secondary N) is 1. The van der Waals surface area contributed by atoms with E-state index in [4.69, 9.17) is 21.3 Å². The Hall–Kier alpha value is -2.79. The lowest BCUT2D eigenvalue weighted by Crippen LogP contribution is -2.46. The van der Waals surface area contributed by atoms with Gasteiger partial charge in [0.05, 0.1) is 35.6 Å². The van der Waals surface area contributed by atoms with E-state index in [9.17, 15) is 9.90 Å². The maximum atomic E-state index is 13.2. The minimum Gasteiger partial charge on any atom is -0.394 e. The number of nitrogens with zero attached hydrogens (tertiary/aromatic N) is 5. The van der Waals surface area contributed by atoms with Crippen LogP contribution in [-0.2, 0) is 11.5 Å². The van der Waals surface area contributed by atoms with Crippen molar-refractivity contribution in [1.82, 2.24) is 29.6 Å². The monoisotopic (exact) mass is 514 g/mol. The molecule has 0 aliphatic carbocycles. The van der Waals surface area contributed by atoms with Crippen molar-refractivity contribution < 1.29 is 14.6 Å². The Morgan fingerprint density at radius 3 is 2.74 bits per heavy atom. The molecule has 0 atom stereocenters. The van der Waals surface area contributed by atoms with E-state index in [-0.39, 0.29) is 19.2 Å². The van der Waals surface area contributed by atoms with Crippen molar-refractivity contribution in [2.45, 2.75) is 51.8 Å². The SMILES string of the molecule is CC(C)(CO)NC(=O)c1cn(COCC[Si](C)(C)C)c2ncc(-n3ncc4cc(Cl)ccc43)nc12. The molecule has 0 bridgehead atoms. The number of aliphatic hydroxyl groups is 1. The third-order valence-electron chi connectivity index (χ3n) is 5.62. The van der Waals surface area contributed by atoms with Crippen molar-refractivity contribution >= 4 is 47.6 Å². The standard InChI is InChI=1S/C24H31ClN6O3Si/c1-24(2,14-32)29-23(33)18-13-30(15-34-8-9-35(3,4)5)22-21(18)28-20(12-26-22)31-19-7-6-17(25)10-16(19)11-27-31/h6-7,10-13,32H,8-9,14-15H2,1-5H3,(H,29,33). The Balaban J connectivity index is 1.73. The summed E-state index contributed by atoms with van der Waals surface area (Å²) < 4.78 is 9.37. The molecule has 0 unspecified atom stereocenters. The molecule has 4 rings (SSSR count). The van der Waals surface area contributed by atoms with E-state index in [1.165, 1.54) is 0 Å². The lowest BCUT2D eigenvalue weighted by molar-refractivity contribution is 0.0859. The number of fused-ring (bicyclic) bond motifs is 2. The number of hydrogen-bond acceptors (Lipinski definition) is 6. The summed E-state index contributed by atoms with van der Waals surface area (Å²) in [6, 6.07) is 6.52. The van der Waals surface area contributed by atoms with Gasteiger partial charge in [-0.1, -0.05) is 31.2 Å². The summed E-state index contributed by atoms with van der Waals surface area (Å²) in [6.45, 7) is 11.1. The average Bonchev–Trinajstić information content (AvgIpc) is 3.36. The molecule has 0 fully saturated rings. The first-order valence-electron chi connectivity index (χ1n) is 11.5. The zero-order chi connectivity index (χ0) is 25.4. The third-order valence-corrected chi connectivity index (χ3v) is 7.56. The van der Waals surface area contributed by atoms with E-state index < -0.39 is 13.6 Å². The van der Waals surface area contributed by atoms with Crippen LogP contribution in [0.15, 0.2) is 36.8 Å². The summed E-state index contributed by atoms with van der Waals surface area (Å²) in [4.78, 5) is 22.6. The molecular formula is C24H31ClN6O3Si. The molecule has 4 aromatic rings. The first-order valence-corrected chi connectivity index (χ1v) is 15.6. The van der Waals surface area contributed by atoms with Gasteiger partial charge >= 0.3 is 0 Å². The molecule has 0 saturated carbocycles. The van der Waals surface area contributed by atoms with Crippen LogP contribution in [0.25, 0.3) is 27.9 Å². The van der Waals surface area contributed by atoms with Crippen LogP contribution < -0.4 is 5.32 Å². The zero-order valence-corrected chi connectivity index (χ0v) is 22.4. The largest absolute Gasteiger partial charge is 0.394 e. The highest BCUT2D eigenvalue weighted by atomic mass is 35.5. The lowest BCUT2D eigenvalue weighted by atomic mass is 10.1. The minimum absolute atomic E-state index is 0.198. The Labute approximate surface area is 210 Å². The van der Waals surface area contributed by atoms with E-state index >= 15 is 0 Å². The highest BCUT2D eigenvalue weighted by Gasteiger charge is 2.25. The van der Waals surface area contributed by atoms with Crippen LogP contribution in [-0.4, -0.2) is 62.2 Å². The van der Waals surface area contributed by atoms with Crippen LogP contribution in [0.3, 0.4) is 0 Å². The second-order valence-electron chi connectivity index (χ2n) is 10.5. The smallest absolute Gasteiger partial charge is 0.255 e. The van der Waals surface area contributed by atoms with Gasteiger partial charge in [0.15, 0.2) is 11.5 Å². The maximum absolute atomic E-state index is 13.2. The number of amides is 1. The average molecular weight is 515 g/mol. The van der Waals surface area contributed by atoms with Crippen molar-refractivity contribution in [3.8, 4) is 5.82 Å². The van der Waals surface area contributed by atoms with Gasteiger partial charge in [-0.2, -0.15) is 5.10 Å². The van der Waals surface area contributed by atoms with Gasteiger partial charge in [0.1, 0.15) is 12.2 Å². The van der Waals surface area contributed by atoms with Crippen LogP contribution in [0.1, 0.15) is 24.2 Å². The second-order valence-corrected chi connectivity index (χ2v) is 16.6. The van der Waals surface area contributed by atoms with Crippen molar-refractivity contribution in [1.29, 1.82) is 0 Å². The molecule has 1 aromatic carbocycles. The first kappa shape index (κ1) is 25.3. The number of carbonyl (C=O) groups is 1. The number of benzene rings is 1. The molecule has 9 nitrogen and oxygen atoms in total. The molecule has 1 amide bonds. The fraction of sp³-hybridized carbons (Fsp3) is 0.417. The number of aromatic nitrogens is 5. The Kier molecular flexibility index (Phi) is 7.01. The van der Waals surface area contributed by atoms with Gasteiger partial charge in [0.2, 0.25) is 0 Å². The van der Waals surface area contributed by atoms with Gasteiger partial charge in [-0.3, -0.25) is 4.79 Å². The number of carbonyl (C=O) groups excluding carboxylic acids is 1. The number of aliphatic hydroxyl groups excluding tert-OH is 1.